The summed E-state index contributed by atoms with van der Waals surface area (Å²) in [4.78, 5) is 7.96. The Labute approximate surface area is 213 Å². The molecule has 0 aliphatic carbocycles. The van der Waals surface area contributed by atoms with Gasteiger partial charge >= 0.3 is 0 Å². The average Bonchev–Trinajstić information content (AvgIpc) is 3.52. The number of halogens is 1. The third-order valence-electron chi connectivity index (χ3n) is 5.75. The van der Waals surface area contributed by atoms with Gasteiger partial charge in [0.2, 0.25) is 5.95 Å². The second kappa shape index (κ2) is 10.2. The van der Waals surface area contributed by atoms with Gasteiger partial charge in [0.1, 0.15) is 5.75 Å². The Hall–Kier alpha value is -4.17. The topological polar surface area (TPSA) is 86.2 Å². The number of rotatable bonds is 9. The molecule has 5 aromatic rings. The second-order valence-corrected chi connectivity index (χ2v) is 8.43. The monoisotopic (exact) mass is 503 g/mol. The number of nitrogens with one attached hydrogen (secondary N) is 2. The molecule has 2 N–H and O–H groups in total. The smallest absolute Gasteiger partial charge is 0.201 e. The Morgan fingerprint density at radius 2 is 1.75 bits per heavy atom. The summed E-state index contributed by atoms with van der Waals surface area (Å²) in [5.41, 5.74) is 5.27. The lowest BCUT2D eigenvalue weighted by Crippen LogP contribution is -2.01. The van der Waals surface area contributed by atoms with Gasteiger partial charge < -0.3 is 24.5 Å². The molecule has 8 nitrogen and oxygen atoms in total. The van der Waals surface area contributed by atoms with Gasteiger partial charge in [0.05, 0.1) is 48.3 Å². The van der Waals surface area contributed by atoms with Crippen molar-refractivity contribution in [2.75, 3.05) is 26.1 Å². The van der Waals surface area contributed by atoms with E-state index in [-0.39, 0.29) is 0 Å². The molecule has 0 saturated carbocycles. The molecule has 0 amide bonds. The van der Waals surface area contributed by atoms with Crippen LogP contribution in [0.15, 0.2) is 66.9 Å². The molecule has 0 fully saturated rings. The molecule has 2 heterocycles. The van der Waals surface area contributed by atoms with Crippen LogP contribution in [0.25, 0.3) is 28.0 Å². The van der Waals surface area contributed by atoms with E-state index in [0.717, 1.165) is 33.5 Å². The zero-order valence-corrected chi connectivity index (χ0v) is 21.0. The van der Waals surface area contributed by atoms with Crippen molar-refractivity contribution in [3.05, 3.63) is 77.4 Å². The highest BCUT2D eigenvalue weighted by Gasteiger charge is 2.16. The van der Waals surface area contributed by atoms with Gasteiger partial charge in [-0.05, 0) is 37.3 Å². The summed E-state index contributed by atoms with van der Waals surface area (Å²) in [6.07, 6.45) is 2.01. The third kappa shape index (κ3) is 4.67. The number of methoxy groups -OCH3 is 2. The van der Waals surface area contributed by atoms with Gasteiger partial charge in [0.25, 0.3) is 0 Å². The summed E-state index contributed by atoms with van der Waals surface area (Å²) in [6.45, 7) is 2.97. The molecule has 0 aliphatic rings. The van der Waals surface area contributed by atoms with E-state index in [4.69, 9.17) is 30.9 Å². The van der Waals surface area contributed by atoms with Crippen molar-refractivity contribution in [3.63, 3.8) is 0 Å². The molecule has 5 rings (SSSR count). The average molecular weight is 504 g/mol. The third-order valence-corrected chi connectivity index (χ3v) is 6.04. The van der Waals surface area contributed by atoms with Crippen LogP contribution in [-0.4, -0.2) is 40.6 Å². The highest BCUT2D eigenvalue weighted by atomic mass is 35.5. The van der Waals surface area contributed by atoms with Crippen molar-refractivity contribution >= 4 is 28.6 Å². The maximum absolute atomic E-state index is 6.49. The normalized spacial score (nSPS) is 11.0. The van der Waals surface area contributed by atoms with Crippen molar-refractivity contribution in [2.24, 2.45) is 0 Å². The van der Waals surface area contributed by atoms with Crippen LogP contribution in [0, 0.1) is 0 Å². The van der Waals surface area contributed by atoms with E-state index in [1.54, 1.807) is 14.2 Å². The molecular formula is C27H26ClN5O3. The van der Waals surface area contributed by atoms with Gasteiger partial charge in [0, 0.05) is 36.0 Å². The number of ether oxygens (including phenoxy) is 3. The van der Waals surface area contributed by atoms with Crippen LogP contribution in [0.2, 0.25) is 5.02 Å². The zero-order chi connectivity index (χ0) is 25.1. The van der Waals surface area contributed by atoms with Crippen LogP contribution in [0.1, 0.15) is 12.5 Å². The van der Waals surface area contributed by atoms with E-state index < -0.39 is 0 Å². The van der Waals surface area contributed by atoms with Crippen LogP contribution in [0.3, 0.4) is 0 Å². The Morgan fingerprint density at radius 1 is 0.972 bits per heavy atom. The van der Waals surface area contributed by atoms with Gasteiger partial charge in [-0.15, -0.1) is 0 Å². The van der Waals surface area contributed by atoms with Crippen LogP contribution < -0.4 is 19.5 Å². The maximum Gasteiger partial charge on any atom is 0.201 e. The van der Waals surface area contributed by atoms with Crippen molar-refractivity contribution in [3.8, 4) is 34.2 Å². The van der Waals surface area contributed by atoms with Crippen molar-refractivity contribution in [1.82, 2.24) is 19.7 Å². The fraction of sp³-hybridized carbons (Fsp3) is 0.185. The first-order chi connectivity index (χ1) is 17.6. The first-order valence-electron chi connectivity index (χ1n) is 11.5. The number of para-hydroxylation sites is 1. The second-order valence-electron chi connectivity index (χ2n) is 8.02. The van der Waals surface area contributed by atoms with E-state index >= 15 is 0 Å². The molecule has 0 unspecified atom stereocenters. The van der Waals surface area contributed by atoms with Gasteiger partial charge in [-0.3, -0.25) is 0 Å². The van der Waals surface area contributed by atoms with Gasteiger partial charge in [0.15, 0.2) is 11.5 Å². The number of aromatic nitrogens is 4. The first kappa shape index (κ1) is 23.6. The van der Waals surface area contributed by atoms with Gasteiger partial charge in [-0.1, -0.05) is 29.8 Å². The lowest BCUT2D eigenvalue weighted by molar-refractivity contribution is 0.340. The summed E-state index contributed by atoms with van der Waals surface area (Å²) in [6, 6.07) is 19.4. The van der Waals surface area contributed by atoms with E-state index in [0.29, 0.717) is 41.4 Å². The molecule has 3 aromatic carbocycles. The molecule has 184 valence electrons. The Kier molecular flexibility index (Phi) is 6.69. The molecular weight excluding hydrogens is 478 g/mol. The SMILES string of the molecule is CCOc1ccc(-c2nn(-c3ccccc3)cc2CNc2nc3cc(OC)c(OC)cc3[nH]2)cc1Cl. The molecule has 2 aromatic heterocycles. The highest BCUT2D eigenvalue weighted by Crippen LogP contribution is 2.33. The molecule has 9 heteroatoms. The van der Waals surface area contributed by atoms with Gasteiger partial charge in [-0.2, -0.15) is 5.10 Å². The Balaban J connectivity index is 1.48. The highest BCUT2D eigenvalue weighted by molar-refractivity contribution is 6.32. The maximum atomic E-state index is 6.49. The zero-order valence-electron chi connectivity index (χ0n) is 20.2. The Morgan fingerprint density at radius 3 is 2.47 bits per heavy atom. The van der Waals surface area contributed by atoms with E-state index in [9.17, 15) is 0 Å². The minimum absolute atomic E-state index is 0.487. The van der Waals surface area contributed by atoms with E-state index in [2.05, 4.69) is 15.3 Å². The molecule has 0 radical (unpaired) electrons. The molecule has 0 atom stereocenters. The van der Waals surface area contributed by atoms with Crippen LogP contribution in [-0.2, 0) is 6.54 Å². The summed E-state index contributed by atoms with van der Waals surface area (Å²) in [5, 5.41) is 8.81. The number of imidazole rings is 1. The Bertz CT molecular complexity index is 1460. The number of anilines is 1. The number of hydrogen-bond acceptors (Lipinski definition) is 6. The molecule has 0 spiro atoms. The number of benzene rings is 3. The largest absolute Gasteiger partial charge is 0.493 e. The summed E-state index contributed by atoms with van der Waals surface area (Å²) in [5.74, 6) is 2.54. The summed E-state index contributed by atoms with van der Waals surface area (Å²) in [7, 11) is 3.22. The first-order valence-corrected chi connectivity index (χ1v) is 11.9. The lowest BCUT2D eigenvalue weighted by atomic mass is 10.1. The minimum Gasteiger partial charge on any atom is -0.493 e. The van der Waals surface area contributed by atoms with Crippen LogP contribution in [0.5, 0.6) is 17.2 Å². The quantitative estimate of drug-likeness (QED) is 0.253. The fourth-order valence-corrected chi connectivity index (χ4v) is 4.25. The van der Waals surface area contributed by atoms with Crippen LogP contribution in [0.4, 0.5) is 5.95 Å². The van der Waals surface area contributed by atoms with Crippen LogP contribution >= 0.6 is 11.6 Å². The summed E-state index contributed by atoms with van der Waals surface area (Å²) < 4.78 is 18.3. The molecule has 0 bridgehead atoms. The predicted molar refractivity (Wildman–Crippen MR) is 142 cm³/mol. The van der Waals surface area contributed by atoms with Gasteiger partial charge in [-0.25, -0.2) is 9.67 Å². The molecule has 0 aliphatic heterocycles. The predicted octanol–water partition coefficient (Wildman–Crippen LogP) is 6.10. The van der Waals surface area contributed by atoms with E-state index in [1.807, 2.05) is 78.5 Å². The number of nitrogens with zero attached hydrogens (tertiary/aromatic N) is 3. The number of aromatic amines is 1. The lowest BCUT2D eigenvalue weighted by Gasteiger charge is -2.08. The number of fused-ring (bicyclic) bond motifs is 1. The molecule has 36 heavy (non-hydrogen) atoms. The fourth-order valence-electron chi connectivity index (χ4n) is 4.02. The number of H-pyrrole nitrogens is 1. The van der Waals surface area contributed by atoms with Crippen molar-refractivity contribution in [2.45, 2.75) is 13.5 Å². The van der Waals surface area contributed by atoms with E-state index in [1.165, 1.54) is 0 Å². The number of hydrogen-bond donors (Lipinski definition) is 2. The molecule has 0 saturated heterocycles. The minimum atomic E-state index is 0.487. The van der Waals surface area contributed by atoms with Crippen molar-refractivity contribution in [1.29, 1.82) is 0 Å². The summed E-state index contributed by atoms with van der Waals surface area (Å²) >= 11 is 6.49. The standard InChI is InChI=1S/C27H26ClN5O3/c1-4-36-23-11-10-17(12-20(23)28)26-18(16-33(32-26)19-8-6-5-7-9-19)15-29-27-30-21-13-24(34-2)25(35-3)14-22(21)31-27/h5-14,16H,4,15H2,1-3H3,(H2,29,30,31). The van der Waals surface area contributed by atoms with Crippen molar-refractivity contribution < 1.29 is 14.2 Å².